The van der Waals surface area contributed by atoms with Crippen LogP contribution in [-0.2, 0) is 16.7 Å². The maximum absolute atomic E-state index is 13.4. The van der Waals surface area contributed by atoms with Crippen LogP contribution in [0.1, 0.15) is 13.8 Å². The van der Waals surface area contributed by atoms with Gasteiger partial charge in [-0.1, -0.05) is 44.2 Å². The van der Waals surface area contributed by atoms with Gasteiger partial charge in [-0.05, 0) is 35.1 Å². The SMILES string of the molecule is CC(C)Cn1c(N(C)C(=O)O)c(-c2ccccc2)c2ccc(OS(=O)(=O)C(F)(F)F)cc2c1=O. The van der Waals surface area contributed by atoms with Crippen molar-refractivity contribution in [2.24, 2.45) is 5.92 Å². The second kappa shape index (κ2) is 9.01. The van der Waals surface area contributed by atoms with Crippen LogP contribution in [0.2, 0.25) is 0 Å². The number of carboxylic acid groups (broad SMARTS) is 1. The lowest BCUT2D eigenvalue weighted by molar-refractivity contribution is -0.0500. The minimum Gasteiger partial charge on any atom is -0.465 e. The molecule has 0 atom stereocenters. The number of nitrogens with zero attached hydrogens (tertiary/aromatic N) is 2. The summed E-state index contributed by atoms with van der Waals surface area (Å²) in [5, 5.41) is 9.78. The predicted octanol–water partition coefficient (Wildman–Crippen LogP) is 4.67. The van der Waals surface area contributed by atoms with E-state index in [4.69, 9.17) is 0 Å². The minimum atomic E-state index is -5.95. The van der Waals surface area contributed by atoms with Crippen LogP contribution >= 0.6 is 0 Å². The number of pyridine rings is 1. The number of hydrogen-bond donors (Lipinski definition) is 1. The van der Waals surface area contributed by atoms with Gasteiger partial charge < -0.3 is 9.29 Å². The number of rotatable bonds is 6. The normalized spacial score (nSPS) is 12.2. The molecule has 3 rings (SSSR count). The van der Waals surface area contributed by atoms with Gasteiger partial charge in [-0.25, -0.2) is 4.79 Å². The molecule has 0 bridgehead atoms. The number of alkyl halides is 3. The molecule has 0 spiro atoms. The van der Waals surface area contributed by atoms with Crippen molar-refractivity contribution in [1.82, 2.24) is 4.57 Å². The van der Waals surface area contributed by atoms with Crippen molar-refractivity contribution in [3.8, 4) is 16.9 Å². The number of benzene rings is 2. The molecule has 182 valence electrons. The van der Waals surface area contributed by atoms with Crippen molar-refractivity contribution >= 4 is 32.8 Å². The second-order valence-electron chi connectivity index (χ2n) is 7.91. The van der Waals surface area contributed by atoms with Gasteiger partial charge in [-0.15, -0.1) is 0 Å². The molecular weight excluding hydrogens is 477 g/mol. The lowest BCUT2D eigenvalue weighted by Gasteiger charge is -2.26. The van der Waals surface area contributed by atoms with Gasteiger partial charge in [0.25, 0.3) is 5.56 Å². The highest BCUT2D eigenvalue weighted by Gasteiger charge is 2.48. The summed E-state index contributed by atoms with van der Waals surface area (Å²) in [6.45, 7) is 3.70. The van der Waals surface area contributed by atoms with Crippen LogP contribution in [0.4, 0.5) is 23.8 Å². The molecule has 8 nitrogen and oxygen atoms in total. The van der Waals surface area contributed by atoms with Crippen LogP contribution in [0, 0.1) is 5.92 Å². The number of fused-ring (bicyclic) bond motifs is 1. The number of anilines is 1. The van der Waals surface area contributed by atoms with Gasteiger partial charge in [0.05, 0.1) is 5.39 Å². The molecule has 1 N–H and O–H groups in total. The third-order valence-corrected chi connectivity index (χ3v) is 5.90. The van der Waals surface area contributed by atoms with E-state index in [-0.39, 0.29) is 29.1 Å². The van der Waals surface area contributed by atoms with E-state index in [9.17, 15) is 36.3 Å². The zero-order valence-corrected chi connectivity index (χ0v) is 19.1. The highest BCUT2D eigenvalue weighted by molar-refractivity contribution is 7.88. The Balaban J connectivity index is 2.43. The first-order chi connectivity index (χ1) is 15.7. The molecule has 0 unspecified atom stereocenters. The Morgan fingerprint density at radius 2 is 1.74 bits per heavy atom. The van der Waals surface area contributed by atoms with Crippen LogP contribution in [0.15, 0.2) is 53.3 Å². The van der Waals surface area contributed by atoms with Crippen molar-refractivity contribution in [1.29, 1.82) is 0 Å². The average Bonchev–Trinajstić information content (AvgIpc) is 2.74. The number of amides is 1. The van der Waals surface area contributed by atoms with Gasteiger partial charge in [0.15, 0.2) is 0 Å². The molecule has 0 aliphatic heterocycles. The summed E-state index contributed by atoms with van der Waals surface area (Å²) in [6, 6.07) is 11.7. The van der Waals surface area contributed by atoms with E-state index < -0.39 is 33.0 Å². The predicted molar refractivity (Wildman–Crippen MR) is 121 cm³/mol. The molecule has 1 aromatic heterocycles. The van der Waals surface area contributed by atoms with Gasteiger partial charge in [-0.3, -0.25) is 14.3 Å². The van der Waals surface area contributed by atoms with Crippen LogP contribution in [-0.4, -0.2) is 36.7 Å². The maximum Gasteiger partial charge on any atom is 0.534 e. The van der Waals surface area contributed by atoms with Crippen LogP contribution in [0.25, 0.3) is 21.9 Å². The van der Waals surface area contributed by atoms with Crippen molar-refractivity contribution < 1.29 is 35.7 Å². The van der Waals surface area contributed by atoms with E-state index in [0.29, 0.717) is 11.1 Å². The van der Waals surface area contributed by atoms with Crippen molar-refractivity contribution in [2.75, 3.05) is 11.9 Å². The molecule has 3 aromatic rings. The van der Waals surface area contributed by atoms with Gasteiger partial charge in [0, 0.05) is 19.2 Å². The first-order valence-electron chi connectivity index (χ1n) is 9.98. The summed E-state index contributed by atoms with van der Waals surface area (Å²) in [5.41, 5.74) is -5.47. The van der Waals surface area contributed by atoms with E-state index in [1.165, 1.54) is 17.7 Å². The van der Waals surface area contributed by atoms with Gasteiger partial charge in [0.1, 0.15) is 11.6 Å². The zero-order chi connectivity index (χ0) is 25.4. The molecule has 12 heteroatoms. The lowest BCUT2D eigenvalue weighted by atomic mass is 9.98. The highest BCUT2D eigenvalue weighted by Crippen LogP contribution is 2.38. The Morgan fingerprint density at radius 1 is 1.12 bits per heavy atom. The van der Waals surface area contributed by atoms with E-state index >= 15 is 0 Å². The molecule has 0 saturated carbocycles. The molecule has 0 aliphatic carbocycles. The van der Waals surface area contributed by atoms with E-state index in [2.05, 4.69) is 4.18 Å². The maximum atomic E-state index is 13.4. The van der Waals surface area contributed by atoms with Crippen molar-refractivity contribution in [3.63, 3.8) is 0 Å². The summed E-state index contributed by atoms with van der Waals surface area (Å²) in [4.78, 5) is 26.2. The van der Waals surface area contributed by atoms with E-state index in [1.54, 1.807) is 44.2 Å². The van der Waals surface area contributed by atoms with Crippen molar-refractivity contribution in [2.45, 2.75) is 25.9 Å². The smallest absolute Gasteiger partial charge is 0.465 e. The summed E-state index contributed by atoms with van der Waals surface area (Å²) in [5.74, 6) is -0.734. The lowest BCUT2D eigenvalue weighted by Crippen LogP contribution is -2.34. The first-order valence-corrected chi connectivity index (χ1v) is 11.4. The number of carbonyl (C=O) groups is 1. The highest BCUT2D eigenvalue weighted by atomic mass is 32.2. The van der Waals surface area contributed by atoms with Crippen LogP contribution in [0.5, 0.6) is 5.75 Å². The Morgan fingerprint density at radius 3 is 2.26 bits per heavy atom. The molecule has 2 aromatic carbocycles. The fourth-order valence-electron chi connectivity index (χ4n) is 3.50. The topological polar surface area (TPSA) is 106 Å². The Kier molecular flexibility index (Phi) is 6.65. The molecule has 0 fully saturated rings. The molecule has 0 aliphatic rings. The Hall–Kier alpha value is -3.54. The molecular formula is C22H21F3N2O6S. The summed E-state index contributed by atoms with van der Waals surface area (Å²) in [7, 11) is -4.67. The summed E-state index contributed by atoms with van der Waals surface area (Å²) in [6.07, 6.45) is -1.33. The fourth-order valence-corrected chi connectivity index (χ4v) is 3.96. The number of aromatic nitrogens is 1. The van der Waals surface area contributed by atoms with E-state index in [1.807, 2.05) is 0 Å². The van der Waals surface area contributed by atoms with Crippen LogP contribution < -0.4 is 14.6 Å². The molecule has 0 saturated heterocycles. The van der Waals surface area contributed by atoms with Gasteiger partial charge >= 0.3 is 21.7 Å². The third-order valence-electron chi connectivity index (χ3n) is 4.92. The standard InChI is InChI=1S/C22H21F3N2O6S/c1-13(2)12-27-19(26(3)21(29)30)18(14-7-5-4-6-8-14)16-10-9-15(11-17(16)20(27)28)33-34(31,32)22(23,24)25/h4-11,13H,12H2,1-3H3,(H,29,30). The molecule has 0 radical (unpaired) electrons. The van der Waals surface area contributed by atoms with Crippen molar-refractivity contribution in [3.05, 3.63) is 58.9 Å². The summed E-state index contributed by atoms with van der Waals surface area (Å²) >= 11 is 0. The molecule has 1 amide bonds. The molecule has 1 heterocycles. The Bertz CT molecular complexity index is 1400. The largest absolute Gasteiger partial charge is 0.534 e. The average molecular weight is 498 g/mol. The van der Waals surface area contributed by atoms with Gasteiger partial charge in [0.2, 0.25) is 0 Å². The van der Waals surface area contributed by atoms with E-state index in [0.717, 1.165) is 17.0 Å². The van der Waals surface area contributed by atoms with Gasteiger partial charge in [-0.2, -0.15) is 21.6 Å². The monoisotopic (exact) mass is 498 g/mol. The second-order valence-corrected chi connectivity index (χ2v) is 9.44. The number of hydrogen-bond acceptors (Lipinski definition) is 5. The molecule has 34 heavy (non-hydrogen) atoms. The minimum absolute atomic E-state index is 0.0708. The quantitative estimate of drug-likeness (QED) is 0.391. The third kappa shape index (κ3) is 4.72. The first kappa shape index (κ1) is 25.1. The fraction of sp³-hybridized carbons (Fsp3) is 0.273. The Labute approximate surface area is 192 Å². The summed E-state index contributed by atoms with van der Waals surface area (Å²) < 4.78 is 66.7. The zero-order valence-electron chi connectivity index (χ0n) is 18.3. The van der Waals surface area contributed by atoms with Crippen LogP contribution in [0.3, 0.4) is 0 Å². The number of halogens is 3.